The van der Waals surface area contributed by atoms with Gasteiger partial charge in [0.2, 0.25) is 5.09 Å². The van der Waals surface area contributed by atoms with Gasteiger partial charge in [0.15, 0.2) is 0 Å². The predicted molar refractivity (Wildman–Crippen MR) is 83.9 cm³/mol. The Hall–Kier alpha value is -2.28. The third kappa shape index (κ3) is 2.72. The second-order valence-corrected chi connectivity index (χ2v) is 7.21. The zero-order valence-corrected chi connectivity index (χ0v) is 13.4. The lowest BCUT2D eigenvalue weighted by molar-refractivity contribution is -0.137. The SMILES string of the molecule is CCc1ccc(S(=O)(=O)N2c3ccccc3C[C@H]2CC(=O)O)o1. The van der Waals surface area contributed by atoms with Crippen LogP contribution in [0, 0.1) is 0 Å². The van der Waals surface area contributed by atoms with Crippen molar-refractivity contribution in [2.45, 2.75) is 37.3 Å². The summed E-state index contributed by atoms with van der Waals surface area (Å²) in [6.07, 6.45) is 0.711. The van der Waals surface area contributed by atoms with Crippen molar-refractivity contribution in [3.8, 4) is 0 Å². The lowest BCUT2D eigenvalue weighted by atomic mass is 10.1. The van der Waals surface area contributed by atoms with Crippen LogP contribution in [-0.4, -0.2) is 25.5 Å². The number of carboxylic acid groups (broad SMARTS) is 1. The number of para-hydroxylation sites is 1. The zero-order valence-electron chi connectivity index (χ0n) is 12.6. The Morgan fingerprint density at radius 3 is 2.70 bits per heavy atom. The first kappa shape index (κ1) is 15.6. The number of rotatable bonds is 5. The van der Waals surface area contributed by atoms with Crippen molar-refractivity contribution in [2.24, 2.45) is 0 Å². The highest BCUT2D eigenvalue weighted by Crippen LogP contribution is 2.38. The number of carbonyl (C=O) groups is 1. The predicted octanol–water partition coefficient (Wildman–Crippen LogP) is 2.44. The van der Waals surface area contributed by atoms with Gasteiger partial charge in [-0.25, -0.2) is 0 Å². The molecule has 0 spiro atoms. The summed E-state index contributed by atoms with van der Waals surface area (Å²) in [6, 6.07) is 9.47. The summed E-state index contributed by atoms with van der Waals surface area (Å²) in [5, 5.41) is 8.95. The van der Waals surface area contributed by atoms with Gasteiger partial charge in [-0.1, -0.05) is 25.1 Å². The van der Waals surface area contributed by atoms with Crippen LogP contribution in [0.3, 0.4) is 0 Å². The highest BCUT2D eigenvalue weighted by Gasteiger charge is 2.40. The second-order valence-electron chi connectivity index (χ2n) is 5.46. The van der Waals surface area contributed by atoms with Crippen LogP contribution in [0.5, 0.6) is 0 Å². The molecule has 2 heterocycles. The van der Waals surface area contributed by atoms with Gasteiger partial charge in [-0.15, -0.1) is 0 Å². The Morgan fingerprint density at radius 2 is 2.04 bits per heavy atom. The Morgan fingerprint density at radius 1 is 1.30 bits per heavy atom. The largest absolute Gasteiger partial charge is 0.481 e. The van der Waals surface area contributed by atoms with Crippen LogP contribution in [0.2, 0.25) is 0 Å². The van der Waals surface area contributed by atoms with Gasteiger partial charge in [0.05, 0.1) is 18.2 Å². The van der Waals surface area contributed by atoms with E-state index in [0.29, 0.717) is 24.3 Å². The van der Waals surface area contributed by atoms with Gasteiger partial charge in [-0.2, -0.15) is 8.42 Å². The Balaban J connectivity index is 2.07. The minimum Gasteiger partial charge on any atom is -0.481 e. The number of benzene rings is 1. The molecule has 0 bridgehead atoms. The van der Waals surface area contributed by atoms with E-state index in [1.165, 1.54) is 10.4 Å². The molecule has 6 nitrogen and oxygen atoms in total. The lowest BCUT2D eigenvalue weighted by Crippen LogP contribution is -2.38. The highest BCUT2D eigenvalue weighted by atomic mass is 32.2. The minimum atomic E-state index is -3.93. The van der Waals surface area contributed by atoms with Gasteiger partial charge in [-0.05, 0) is 30.2 Å². The van der Waals surface area contributed by atoms with Crippen molar-refractivity contribution in [3.05, 3.63) is 47.7 Å². The molecule has 23 heavy (non-hydrogen) atoms. The summed E-state index contributed by atoms with van der Waals surface area (Å²) in [5.74, 6) is -0.456. The van der Waals surface area contributed by atoms with E-state index in [0.717, 1.165) is 5.56 Å². The average molecular weight is 335 g/mol. The number of hydrogen-bond donors (Lipinski definition) is 1. The van der Waals surface area contributed by atoms with E-state index >= 15 is 0 Å². The van der Waals surface area contributed by atoms with E-state index in [1.807, 2.05) is 19.1 Å². The quantitative estimate of drug-likeness (QED) is 0.906. The molecule has 0 saturated heterocycles. The monoisotopic (exact) mass is 335 g/mol. The number of fused-ring (bicyclic) bond motifs is 1. The average Bonchev–Trinajstić information content (AvgIpc) is 3.10. The summed E-state index contributed by atoms with van der Waals surface area (Å²) < 4.78 is 32.5. The molecule has 1 aliphatic rings. The molecule has 1 aromatic heterocycles. The van der Waals surface area contributed by atoms with Crippen molar-refractivity contribution in [1.82, 2.24) is 0 Å². The van der Waals surface area contributed by atoms with Crippen LogP contribution >= 0.6 is 0 Å². The Kier molecular flexibility index (Phi) is 3.89. The third-order valence-corrected chi connectivity index (χ3v) is 5.67. The number of aryl methyl sites for hydroxylation is 1. The van der Waals surface area contributed by atoms with E-state index in [-0.39, 0.29) is 11.5 Å². The van der Waals surface area contributed by atoms with Crippen molar-refractivity contribution >= 4 is 21.7 Å². The molecule has 0 unspecified atom stereocenters. The summed E-state index contributed by atoms with van der Waals surface area (Å²) in [5.41, 5.74) is 1.35. The van der Waals surface area contributed by atoms with Crippen molar-refractivity contribution in [1.29, 1.82) is 0 Å². The topological polar surface area (TPSA) is 87.8 Å². The number of carboxylic acids is 1. The Labute approximate surface area is 134 Å². The van der Waals surface area contributed by atoms with Crippen LogP contribution in [-0.2, 0) is 27.7 Å². The molecule has 1 N–H and O–H groups in total. The molecule has 0 amide bonds. The van der Waals surface area contributed by atoms with Gasteiger partial charge in [0.25, 0.3) is 10.0 Å². The summed E-state index contributed by atoms with van der Waals surface area (Å²) in [6.45, 7) is 1.87. The first-order valence-electron chi connectivity index (χ1n) is 7.36. The molecular formula is C16H17NO5S. The molecule has 0 radical (unpaired) electrons. The molecule has 0 aliphatic carbocycles. The van der Waals surface area contributed by atoms with Gasteiger partial charge >= 0.3 is 5.97 Å². The fourth-order valence-corrected chi connectivity index (χ4v) is 4.52. The van der Waals surface area contributed by atoms with Crippen LogP contribution in [0.25, 0.3) is 0 Å². The van der Waals surface area contributed by atoms with Crippen LogP contribution in [0.1, 0.15) is 24.7 Å². The second kappa shape index (κ2) is 5.73. The van der Waals surface area contributed by atoms with Crippen molar-refractivity contribution in [2.75, 3.05) is 4.31 Å². The molecule has 122 valence electrons. The van der Waals surface area contributed by atoms with Gasteiger partial charge in [0, 0.05) is 6.42 Å². The molecule has 1 atom stereocenters. The van der Waals surface area contributed by atoms with E-state index < -0.39 is 22.0 Å². The van der Waals surface area contributed by atoms with Crippen molar-refractivity contribution in [3.63, 3.8) is 0 Å². The fraction of sp³-hybridized carbons (Fsp3) is 0.312. The maximum absolute atomic E-state index is 13.0. The van der Waals surface area contributed by atoms with Gasteiger partial charge in [0.1, 0.15) is 5.76 Å². The van der Waals surface area contributed by atoms with Gasteiger partial charge < -0.3 is 9.52 Å². The smallest absolute Gasteiger partial charge is 0.305 e. The number of hydrogen-bond acceptors (Lipinski definition) is 4. The van der Waals surface area contributed by atoms with Crippen LogP contribution in [0.4, 0.5) is 5.69 Å². The van der Waals surface area contributed by atoms with Crippen LogP contribution in [0.15, 0.2) is 45.9 Å². The molecule has 7 heteroatoms. The number of aliphatic carboxylic acids is 1. The standard InChI is InChI=1S/C16H17NO5S/c1-2-13-7-8-16(22-13)23(20,21)17-12(10-15(18)19)9-11-5-3-4-6-14(11)17/h3-8,12H,2,9-10H2,1H3,(H,18,19)/t12-/m0/s1. The lowest BCUT2D eigenvalue weighted by Gasteiger charge is -2.24. The first-order chi connectivity index (χ1) is 10.9. The van der Waals surface area contributed by atoms with E-state index in [1.54, 1.807) is 18.2 Å². The summed E-state index contributed by atoms with van der Waals surface area (Å²) in [4.78, 5) is 11.1. The minimum absolute atomic E-state index is 0.151. The molecule has 1 aromatic carbocycles. The van der Waals surface area contributed by atoms with E-state index in [2.05, 4.69) is 0 Å². The molecule has 0 fully saturated rings. The molecule has 2 aromatic rings. The number of sulfonamides is 1. The normalized spacial score (nSPS) is 17.3. The van der Waals surface area contributed by atoms with E-state index in [9.17, 15) is 13.2 Å². The molecule has 1 aliphatic heterocycles. The van der Waals surface area contributed by atoms with Gasteiger partial charge in [-0.3, -0.25) is 9.10 Å². The highest BCUT2D eigenvalue weighted by molar-refractivity contribution is 7.92. The number of nitrogens with zero attached hydrogens (tertiary/aromatic N) is 1. The number of anilines is 1. The third-order valence-electron chi connectivity index (χ3n) is 3.93. The first-order valence-corrected chi connectivity index (χ1v) is 8.80. The summed E-state index contributed by atoms with van der Waals surface area (Å²) >= 11 is 0. The summed E-state index contributed by atoms with van der Waals surface area (Å²) in [7, 11) is -3.93. The fourth-order valence-electron chi connectivity index (χ4n) is 2.90. The molecule has 0 saturated carbocycles. The Bertz CT molecular complexity index is 840. The maximum Gasteiger partial charge on any atom is 0.305 e. The van der Waals surface area contributed by atoms with E-state index in [4.69, 9.17) is 9.52 Å². The molecule has 3 rings (SSSR count). The molecular weight excluding hydrogens is 318 g/mol. The van der Waals surface area contributed by atoms with Crippen molar-refractivity contribution < 1.29 is 22.7 Å². The number of furan rings is 1. The van der Waals surface area contributed by atoms with Crippen LogP contribution < -0.4 is 4.31 Å². The zero-order chi connectivity index (χ0) is 16.6. The maximum atomic E-state index is 13.0.